The number of aryl methyl sites for hydroxylation is 2. The fourth-order valence-electron chi connectivity index (χ4n) is 2.43. The fourth-order valence-corrected chi connectivity index (χ4v) is 2.43. The molecule has 0 spiro atoms. The van der Waals surface area contributed by atoms with Crippen LogP contribution in [0.5, 0.6) is 0 Å². The number of carbonyl (C=O) groups is 1. The van der Waals surface area contributed by atoms with Gasteiger partial charge in [-0.3, -0.25) is 4.79 Å². The van der Waals surface area contributed by atoms with Gasteiger partial charge in [-0.2, -0.15) is 0 Å². The van der Waals surface area contributed by atoms with Crippen LogP contribution >= 0.6 is 0 Å². The highest BCUT2D eigenvalue weighted by molar-refractivity contribution is 5.89. The Labute approximate surface area is 137 Å². The van der Waals surface area contributed by atoms with E-state index in [9.17, 15) is 4.79 Å². The van der Waals surface area contributed by atoms with Gasteiger partial charge in [-0.1, -0.05) is 39.0 Å². The molecule has 0 unspecified atom stereocenters. The van der Waals surface area contributed by atoms with Crippen LogP contribution in [0.1, 0.15) is 44.7 Å². The fraction of sp³-hybridized carbons (Fsp3) is 0.389. The van der Waals surface area contributed by atoms with Gasteiger partial charge >= 0.3 is 0 Å². The van der Waals surface area contributed by atoms with Gasteiger partial charge in [0.1, 0.15) is 0 Å². The minimum atomic E-state index is -0.0351. The first-order chi connectivity index (χ1) is 11.2. The zero-order valence-electron chi connectivity index (χ0n) is 14.0. The molecule has 122 valence electrons. The first-order valence-corrected chi connectivity index (χ1v) is 8.19. The predicted molar refractivity (Wildman–Crippen MR) is 94.1 cm³/mol. The van der Waals surface area contributed by atoms with E-state index >= 15 is 0 Å². The van der Waals surface area contributed by atoms with E-state index in [1.807, 2.05) is 13.0 Å². The largest absolute Gasteiger partial charge is 0.338 e. The third-order valence-electron chi connectivity index (χ3n) is 3.66. The summed E-state index contributed by atoms with van der Waals surface area (Å²) in [6.45, 7) is 6.24. The second-order valence-electron chi connectivity index (χ2n) is 5.39. The Bertz CT molecular complexity index is 630. The average molecular weight is 312 g/mol. The summed E-state index contributed by atoms with van der Waals surface area (Å²) in [4.78, 5) is 11.6. The van der Waals surface area contributed by atoms with Crippen LogP contribution in [-0.4, -0.2) is 16.1 Å². The molecule has 5 nitrogen and oxygen atoms in total. The number of benzene rings is 1. The number of hydrogen-bond donors (Lipinski definition) is 2. The number of hydrogen-bond acceptors (Lipinski definition) is 4. The molecular weight excluding hydrogens is 288 g/mol. The van der Waals surface area contributed by atoms with E-state index in [1.165, 1.54) is 11.1 Å². The number of anilines is 3. The first-order valence-electron chi connectivity index (χ1n) is 8.19. The molecule has 1 amide bonds. The Kier molecular flexibility index (Phi) is 6.09. The Morgan fingerprint density at radius 1 is 0.957 bits per heavy atom. The quantitative estimate of drug-likeness (QED) is 0.808. The van der Waals surface area contributed by atoms with Crippen molar-refractivity contribution in [3.8, 4) is 0 Å². The smallest absolute Gasteiger partial charge is 0.225 e. The molecule has 2 aromatic rings. The van der Waals surface area contributed by atoms with E-state index in [4.69, 9.17) is 0 Å². The van der Waals surface area contributed by atoms with Crippen molar-refractivity contribution >= 4 is 23.2 Å². The molecule has 0 aliphatic heterocycles. The lowest BCUT2D eigenvalue weighted by Gasteiger charge is -2.14. The summed E-state index contributed by atoms with van der Waals surface area (Å²) in [5.41, 5.74) is 3.62. The van der Waals surface area contributed by atoms with Crippen molar-refractivity contribution in [1.29, 1.82) is 0 Å². The number of rotatable bonds is 7. The van der Waals surface area contributed by atoms with Gasteiger partial charge < -0.3 is 10.6 Å². The Balaban J connectivity index is 2.14. The highest BCUT2D eigenvalue weighted by Crippen LogP contribution is 2.25. The standard InChI is InChI=1S/C18H24N4O/c1-4-8-17(23)19-15-11-12-16(22-21-15)20-18-13(5-2)9-7-10-14(18)6-3/h7,9-12H,4-6,8H2,1-3H3,(H,20,22)(H,19,21,23). The normalized spacial score (nSPS) is 10.4. The Hall–Kier alpha value is -2.43. The summed E-state index contributed by atoms with van der Waals surface area (Å²) in [5.74, 6) is 1.12. The number of para-hydroxylation sites is 1. The van der Waals surface area contributed by atoms with Crippen molar-refractivity contribution in [2.45, 2.75) is 46.5 Å². The summed E-state index contributed by atoms with van der Waals surface area (Å²) in [7, 11) is 0. The van der Waals surface area contributed by atoms with Crippen LogP contribution < -0.4 is 10.6 Å². The molecule has 1 heterocycles. The number of amides is 1. The molecular formula is C18H24N4O. The van der Waals surface area contributed by atoms with E-state index in [-0.39, 0.29) is 5.91 Å². The van der Waals surface area contributed by atoms with E-state index in [0.717, 1.165) is 24.9 Å². The molecule has 2 rings (SSSR count). The molecule has 1 aromatic heterocycles. The molecule has 0 atom stereocenters. The first kappa shape index (κ1) is 16.9. The zero-order chi connectivity index (χ0) is 16.7. The molecule has 0 saturated heterocycles. The van der Waals surface area contributed by atoms with Crippen molar-refractivity contribution in [3.05, 3.63) is 41.5 Å². The van der Waals surface area contributed by atoms with Crippen molar-refractivity contribution in [1.82, 2.24) is 10.2 Å². The summed E-state index contributed by atoms with van der Waals surface area (Å²) in [5, 5.41) is 14.3. The van der Waals surface area contributed by atoms with Crippen LogP contribution in [0.15, 0.2) is 30.3 Å². The van der Waals surface area contributed by atoms with E-state index in [1.54, 1.807) is 6.07 Å². The molecule has 2 N–H and O–H groups in total. The number of carbonyl (C=O) groups excluding carboxylic acids is 1. The van der Waals surface area contributed by atoms with Gasteiger partial charge in [0.15, 0.2) is 11.6 Å². The minimum Gasteiger partial charge on any atom is -0.338 e. The highest BCUT2D eigenvalue weighted by Gasteiger charge is 2.08. The Morgan fingerprint density at radius 3 is 2.09 bits per heavy atom. The minimum absolute atomic E-state index is 0.0351. The van der Waals surface area contributed by atoms with Gasteiger partial charge in [0.05, 0.1) is 0 Å². The summed E-state index contributed by atoms with van der Waals surface area (Å²) < 4.78 is 0. The molecule has 0 bridgehead atoms. The van der Waals surface area contributed by atoms with E-state index in [0.29, 0.717) is 18.1 Å². The number of aromatic nitrogens is 2. The van der Waals surface area contributed by atoms with Gasteiger partial charge in [-0.05, 0) is 42.5 Å². The number of nitrogens with one attached hydrogen (secondary N) is 2. The van der Waals surface area contributed by atoms with Gasteiger partial charge in [-0.25, -0.2) is 0 Å². The third-order valence-corrected chi connectivity index (χ3v) is 3.66. The van der Waals surface area contributed by atoms with Crippen LogP contribution in [0.2, 0.25) is 0 Å². The van der Waals surface area contributed by atoms with Crippen LogP contribution in [0.25, 0.3) is 0 Å². The Morgan fingerprint density at radius 2 is 1.57 bits per heavy atom. The van der Waals surface area contributed by atoms with Crippen LogP contribution in [-0.2, 0) is 17.6 Å². The third kappa shape index (κ3) is 4.52. The second-order valence-corrected chi connectivity index (χ2v) is 5.39. The molecule has 23 heavy (non-hydrogen) atoms. The molecule has 0 aliphatic carbocycles. The van der Waals surface area contributed by atoms with Crippen LogP contribution in [0, 0.1) is 0 Å². The topological polar surface area (TPSA) is 66.9 Å². The lowest BCUT2D eigenvalue weighted by molar-refractivity contribution is -0.116. The average Bonchev–Trinajstić information content (AvgIpc) is 2.57. The predicted octanol–water partition coefficient (Wildman–Crippen LogP) is 4.08. The van der Waals surface area contributed by atoms with E-state index in [2.05, 4.69) is 52.9 Å². The lowest BCUT2D eigenvalue weighted by Crippen LogP contribution is -2.12. The van der Waals surface area contributed by atoms with Gasteiger partial charge in [0.2, 0.25) is 5.91 Å². The van der Waals surface area contributed by atoms with Crippen molar-refractivity contribution in [2.75, 3.05) is 10.6 Å². The zero-order valence-corrected chi connectivity index (χ0v) is 14.0. The van der Waals surface area contributed by atoms with Crippen molar-refractivity contribution < 1.29 is 4.79 Å². The second kappa shape index (κ2) is 8.27. The van der Waals surface area contributed by atoms with Crippen molar-refractivity contribution in [3.63, 3.8) is 0 Å². The SMILES string of the molecule is CCCC(=O)Nc1ccc(Nc2c(CC)cccc2CC)nn1. The van der Waals surface area contributed by atoms with E-state index < -0.39 is 0 Å². The molecule has 5 heteroatoms. The van der Waals surface area contributed by atoms with Crippen LogP contribution in [0.3, 0.4) is 0 Å². The van der Waals surface area contributed by atoms with Gasteiger partial charge in [0.25, 0.3) is 0 Å². The highest BCUT2D eigenvalue weighted by atomic mass is 16.1. The van der Waals surface area contributed by atoms with Gasteiger partial charge in [-0.15, -0.1) is 10.2 Å². The molecule has 0 saturated carbocycles. The maximum Gasteiger partial charge on any atom is 0.225 e. The molecule has 0 fully saturated rings. The summed E-state index contributed by atoms with van der Waals surface area (Å²) in [6, 6.07) is 9.92. The molecule has 0 aliphatic rings. The lowest BCUT2D eigenvalue weighted by atomic mass is 10.0. The molecule has 1 aromatic carbocycles. The van der Waals surface area contributed by atoms with Gasteiger partial charge in [0, 0.05) is 12.1 Å². The maximum atomic E-state index is 11.6. The summed E-state index contributed by atoms with van der Waals surface area (Å²) >= 11 is 0. The van der Waals surface area contributed by atoms with Crippen LogP contribution in [0.4, 0.5) is 17.3 Å². The summed E-state index contributed by atoms with van der Waals surface area (Å²) in [6.07, 6.45) is 3.21. The maximum absolute atomic E-state index is 11.6. The monoisotopic (exact) mass is 312 g/mol. The molecule has 0 radical (unpaired) electrons. The number of nitrogens with zero attached hydrogens (tertiary/aromatic N) is 2. The van der Waals surface area contributed by atoms with Crippen molar-refractivity contribution in [2.24, 2.45) is 0 Å².